The zero-order valence-electron chi connectivity index (χ0n) is 11.3. The minimum Gasteiger partial charge on any atom is -0.396 e. The van der Waals surface area contributed by atoms with Crippen LogP contribution in [-0.4, -0.2) is 23.4 Å². The Morgan fingerprint density at radius 1 is 0.700 bits per heavy atom. The van der Waals surface area contributed by atoms with Gasteiger partial charge in [0.1, 0.15) is 0 Å². The molecule has 3 rings (SSSR count). The predicted octanol–water partition coefficient (Wildman–Crippen LogP) is 3.06. The Labute approximate surface area is 118 Å². The number of hydrogen-bond donors (Lipinski definition) is 2. The van der Waals surface area contributed by atoms with Crippen molar-refractivity contribution in [2.24, 2.45) is 0 Å². The monoisotopic (exact) mass is 266 g/mol. The van der Waals surface area contributed by atoms with Gasteiger partial charge in [0.05, 0.1) is 0 Å². The van der Waals surface area contributed by atoms with Gasteiger partial charge in [-0.3, -0.25) is 0 Å². The summed E-state index contributed by atoms with van der Waals surface area (Å²) in [5.41, 5.74) is 2.32. The maximum atomic E-state index is 9.26. The van der Waals surface area contributed by atoms with Crippen LogP contribution in [-0.2, 0) is 12.8 Å². The quantitative estimate of drug-likeness (QED) is 0.712. The summed E-state index contributed by atoms with van der Waals surface area (Å²) in [4.78, 5) is 0. The van der Waals surface area contributed by atoms with Gasteiger partial charge in [-0.25, -0.2) is 0 Å². The van der Waals surface area contributed by atoms with Gasteiger partial charge in [-0.2, -0.15) is 0 Å². The summed E-state index contributed by atoms with van der Waals surface area (Å²) < 4.78 is 0. The average molecular weight is 266 g/mol. The topological polar surface area (TPSA) is 40.5 Å². The van der Waals surface area contributed by atoms with E-state index in [0.29, 0.717) is 12.8 Å². The van der Waals surface area contributed by atoms with Crippen LogP contribution in [0.5, 0.6) is 0 Å². The molecule has 0 amide bonds. The highest BCUT2D eigenvalue weighted by atomic mass is 16.3. The first-order valence-electron chi connectivity index (χ1n) is 6.98. The van der Waals surface area contributed by atoms with E-state index in [1.54, 1.807) is 0 Å². The molecule has 0 bridgehead atoms. The smallest absolute Gasteiger partial charge is 0.0471 e. The van der Waals surface area contributed by atoms with Gasteiger partial charge in [-0.05, 0) is 45.5 Å². The van der Waals surface area contributed by atoms with E-state index >= 15 is 0 Å². The highest BCUT2D eigenvalue weighted by Crippen LogP contribution is 2.30. The van der Waals surface area contributed by atoms with Gasteiger partial charge in [-0.1, -0.05) is 48.5 Å². The molecule has 2 nitrogen and oxygen atoms in total. The van der Waals surface area contributed by atoms with Crippen molar-refractivity contribution in [2.75, 3.05) is 13.2 Å². The summed E-state index contributed by atoms with van der Waals surface area (Å²) in [5.74, 6) is 0. The fraction of sp³-hybridized carbons (Fsp3) is 0.222. The van der Waals surface area contributed by atoms with E-state index in [4.69, 9.17) is 5.11 Å². The molecule has 0 heterocycles. The second-order valence-electron chi connectivity index (χ2n) is 5.08. The largest absolute Gasteiger partial charge is 0.396 e. The molecular formula is C18H18O2. The van der Waals surface area contributed by atoms with Gasteiger partial charge in [0, 0.05) is 13.2 Å². The predicted molar refractivity (Wildman–Crippen MR) is 83.0 cm³/mol. The van der Waals surface area contributed by atoms with Crippen molar-refractivity contribution in [3.05, 3.63) is 59.7 Å². The van der Waals surface area contributed by atoms with Crippen LogP contribution in [0.2, 0.25) is 0 Å². The Kier molecular flexibility index (Phi) is 3.68. The molecule has 20 heavy (non-hydrogen) atoms. The van der Waals surface area contributed by atoms with Crippen LogP contribution in [0.25, 0.3) is 21.5 Å². The van der Waals surface area contributed by atoms with Gasteiger partial charge >= 0.3 is 0 Å². The van der Waals surface area contributed by atoms with Crippen LogP contribution in [0.3, 0.4) is 0 Å². The Morgan fingerprint density at radius 2 is 1.50 bits per heavy atom. The molecule has 0 aromatic heterocycles. The van der Waals surface area contributed by atoms with Crippen molar-refractivity contribution in [1.29, 1.82) is 0 Å². The molecule has 0 aliphatic carbocycles. The highest BCUT2D eigenvalue weighted by molar-refractivity contribution is 6.09. The molecule has 3 aromatic carbocycles. The highest BCUT2D eigenvalue weighted by Gasteiger charge is 2.07. The summed E-state index contributed by atoms with van der Waals surface area (Å²) >= 11 is 0. The molecule has 0 unspecified atom stereocenters. The summed E-state index contributed by atoms with van der Waals surface area (Å²) in [6, 6.07) is 16.8. The molecular weight excluding hydrogens is 248 g/mol. The van der Waals surface area contributed by atoms with E-state index in [9.17, 15) is 5.11 Å². The lowest BCUT2D eigenvalue weighted by Crippen LogP contribution is -1.95. The van der Waals surface area contributed by atoms with Crippen molar-refractivity contribution in [3.63, 3.8) is 0 Å². The summed E-state index contributed by atoms with van der Waals surface area (Å²) in [6.07, 6.45) is 1.34. The Morgan fingerprint density at radius 3 is 2.30 bits per heavy atom. The number of hydrogen-bond acceptors (Lipinski definition) is 2. The number of aliphatic hydroxyl groups excluding tert-OH is 2. The second kappa shape index (κ2) is 5.61. The number of aliphatic hydroxyl groups is 2. The molecule has 0 fully saturated rings. The molecule has 2 heteroatoms. The lowest BCUT2D eigenvalue weighted by Gasteiger charge is -2.11. The van der Waals surface area contributed by atoms with E-state index in [2.05, 4.69) is 36.4 Å². The lowest BCUT2D eigenvalue weighted by atomic mass is 9.94. The van der Waals surface area contributed by atoms with Gasteiger partial charge < -0.3 is 10.2 Å². The second-order valence-corrected chi connectivity index (χ2v) is 5.08. The van der Waals surface area contributed by atoms with Crippen LogP contribution in [0.4, 0.5) is 0 Å². The zero-order valence-corrected chi connectivity index (χ0v) is 11.3. The average Bonchev–Trinajstić information content (AvgIpc) is 2.48. The van der Waals surface area contributed by atoms with Crippen LogP contribution in [0.1, 0.15) is 11.1 Å². The van der Waals surface area contributed by atoms with E-state index in [1.807, 2.05) is 12.1 Å². The molecule has 2 N–H and O–H groups in total. The summed E-state index contributed by atoms with van der Waals surface area (Å²) in [7, 11) is 0. The molecule has 0 radical (unpaired) electrons. The third kappa shape index (κ3) is 2.28. The fourth-order valence-corrected chi connectivity index (χ4v) is 2.84. The first kappa shape index (κ1) is 13.1. The Balaban J connectivity index is 2.33. The standard InChI is InChI=1S/C18H18O2/c19-9-7-13-5-6-17-15(8-10-20)12-14-3-1-2-4-16(14)18(17)11-13/h1-6,11-12,19-20H,7-10H2. The fourth-order valence-electron chi connectivity index (χ4n) is 2.84. The molecule has 0 aliphatic heterocycles. The zero-order chi connectivity index (χ0) is 13.9. The van der Waals surface area contributed by atoms with E-state index in [-0.39, 0.29) is 13.2 Å². The molecule has 0 saturated carbocycles. The van der Waals surface area contributed by atoms with Crippen molar-refractivity contribution >= 4 is 21.5 Å². The maximum absolute atomic E-state index is 9.26. The summed E-state index contributed by atoms with van der Waals surface area (Å²) in [5, 5.41) is 23.2. The third-order valence-corrected chi connectivity index (χ3v) is 3.79. The minimum absolute atomic E-state index is 0.159. The number of benzene rings is 3. The lowest BCUT2D eigenvalue weighted by molar-refractivity contribution is 0.299. The van der Waals surface area contributed by atoms with Crippen molar-refractivity contribution in [1.82, 2.24) is 0 Å². The van der Waals surface area contributed by atoms with E-state index in [0.717, 1.165) is 5.56 Å². The third-order valence-electron chi connectivity index (χ3n) is 3.79. The van der Waals surface area contributed by atoms with Gasteiger partial charge in [0.15, 0.2) is 0 Å². The summed E-state index contributed by atoms with van der Waals surface area (Å²) in [6.45, 7) is 0.325. The van der Waals surface area contributed by atoms with Gasteiger partial charge in [0.2, 0.25) is 0 Å². The molecule has 102 valence electrons. The SMILES string of the molecule is OCCc1ccc2c(CCO)cc3ccccc3c2c1. The normalized spacial score (nSPS) is 11.3. The van der Waals surface area contributed by atoms with Crippen LogP contribution in [0, 0.1) is 0 Å². The van der Waals surface area contributed by atoms with Crippen molar-refractivity contribution in [3.8, 4) is 0 Å². The molecule has 0 aliphatic rings. The molecule has 0 spiro atoms. The maximum Gasteiger partial charge on any atom is 0.0471 e. The molecule has 0 atom stereocenters. The molecule has 0 saturated heterocycles. The van der Waals surface area contributed by atoms with E-state index < -0.39 is 0 Å². The Bertz CT molecular complexity index is 747. The van der Waals surface area contributed by atoms with E-state index in [1.165, 1.54) is 27.1 Å². The molecule has 3 aromatic rings. The van der Waals surface area contributed by atoms with Crippen LogP contribution < -0.4 is 0 Å². The van der Waals surface area contributed by atoms with Gasteiger partial charge in [0.25, 0.3) is 0 Å². The first-order valence-corrected chi connectivity index (χ1v) is 6.98. The van der Waals surface area contributed by atoms with Crippen molar-refractivity contribution < 1.29 is 10.2 Å². The first-order chi connectivity index (χ1) is 9.83. The van der Waals surface area contributed by atoms with Crippen LogP contribution in [0.15, 0.2) is 48.5 Å². The minimum atomic E-state index is 0.159. The Hall–Kier alpha value is -1.90. The van der Waals surface area contributed by atoms with Gasteiger partial charge in [-0.15, -0.1) is 0 Å². The number of rotatable bonds is 4. The van der Waals surface area contributed by atoms with Crippen molar-refractivity contribution in [2.45, 2.75) is 12.8 Å². The van der Waals surface area contributed by atoms with Crippen LogP contribution >= 0.6 is 0 Å². The number of fused-ring (bicyclic) bond motifs is 3.